The average Bonchev–Trinajstić information content (AvgIpc) is 2.48. The molecule has 0 spiro atoms. The van der Waals surface area contributed by atoms with Gasteiger partial charge in [0.15, 0.2) is 0 Å². The number of amides is 1. The monoisotopic (exact) mass is 233 g/mol. The number of aliphatic carboxylic acids is 1. The minimum atomic E-state index is -1.27. The zero-order chi connectivity index (χ0) is 10.3. The van der Waals surface area contributed by atoms with Crippen LogP contribution in [0.15, 0.2) is 5.10 Å². The van der Waals surface area contributed by atoms with Gasteiger partial charge in [-0.25, -0.2) is 5.43 Å². The van der Waals surface area contributed by atoms with Crippen LogP contribution in [0.5, 0.6) is 0 Å². The van der Waals surface area contributed by atoms with E-state index in [1.807, 2.05) is 0 Å². The number of hydrazone groups is 1. The highest BCUT2D eigenvalue weighted by atomic mass is 35.5. The number of carbonyl (C=O) groups is 2. The summed E-state index contributed by atoms with van der Waals surface area (Å²) in [5, 5.41) is 12.7. The maximum atomic E-state index is 11.2. The van der Waals surface area contributed by atoms with Crippen molar-refractivity contribution in [1.29, 1.82) is 0 Å². The second-order valence-corrected chi connectivity index (χ2v) is 3.80. The Morgan fingerprint density at radius 1 is 1.67 bits per heavy atom. The molecule has 0 bridgehead atoms. The normalized spacial score (nSPS) is 33.5. The average molecular weight is 234 g/mol. The van der Waals surface area contributed by atoms with E-state index in [4.69, 9.17) is 10.8 Å². The standard InChI is InChI=1S/C8H11N3O3.ClH/c9-8(7(13)14)2-1-5-4(3-8)6(12)11-10-5;/h4H,1-3,9H2,(H,11,12)(H,13,14);1H. The summed E-state index contributed by atoms with van der Waals surface area (Å²) in [6, 6.07) is 0. The van der Waals surface area contributed by atoms with Crippen molar-refractivity contribution in [3.8, 4) is 0 Å². The first-order chi connectivity index (χ1) is 6.53. The van der Waals surface area contributed by atoms with Crippen molar-refractivity contribution in [2.24, 2.45) is 16.8 Å². The van der Waals surface area contributed by atoms with Crippen LogP contribution in [-0.4, -0.2) is 28.2 Å². The van der Waals surface area contributed by atoms with Gasteiger partial charge in [-0.05, 0) is 19.3 Å². The molecule has 2 atom stereocenters. The molecule has 1 saturated carbocycles. The number of nitrogens with two attached hydrogens (primary N) is 1. The number of hydrogen-bond donors (Lipinski definition) is 3. The molecule has 1 aliphatic carbocycles. The Hall–Kier alpha value is -1.14. The van der Waals surface area contributed by atoms with E-state index in [2.05, 4.69) is 10.5 Å². The van der Waals surface area contributed by atoms with Gasteiger partial charge in [-0.2, -0.15) is 5.10 Å². The first kappa shape index (κ1) is 11.9. The van der Waals surface area contributed by atoms with Gasteiger partial charge in [0, 0.05) is 0 Å². The number of halogens is 1. The number of hydrogen-bond acceptors (Lipinski definition) is 4. The largest absolute Gasteiger partial charge is 0.480 e. The molecule has 0 aromatic rings. The van der Waals surface area contributed by atoms with Crippen LogP contribution in [0.1, 0.15) is 19.3 Å². The molecule has 0 aromatic carbocycles. The van der Waals surface area contributed by atoms with Crippen LogP contribution in [-0.2, 0) is 9.59 Å². The van der Waals surface area contributed by atoms with Gasteiger partial charge in [-0.15, -0.1) is 12.4 Å². The van der Waals surface area contributed by atoms with Crippen molar-refractivity contribution in [1.82, 2.24) is 5.43 Å². The summed E-state index contributed by atoms with van der Waals surface area (Å²) in [4.78, 5) is 22.1. The van der Waals surface area contributed by atoms with Crippen LogP contribution in [0.4, 0.5) is 0 Å². The molecule has 0 aromatic heterocycles. The predicted molar refractivity (Wildman–Crippen MR) is 54.7 cm³/mol. The lowest BCUT2D eigenvalue weighted by atomic mass is 9.75. The van der Waals surface area contributed by atoms with Crippen molar-refractivity contribution in [3.63, 3.8) is 0 Å². The molecule has 84 valence electrons. The van der Waals surface area contributed by atoms with E-state index in [0.717, 1.165) is 5.71 Å². The van der Waals surface area contributed by atoms with E-state index in [-0.39, 0.29) is 24.7 Å². The molecular weight excluding hydrogens is 222 g/mol. The van der Waals surface area contributed by atoms with Crippen LogP contribution >= 0.6 is 12.4 Å². The lowest BCUT2D eigenvalue weighted by molar-refractivity contribution is -0.144. The van der Waals surface area contributed by atoms with E-state index < -0.39 is 17.4 Å². The highest BCUT2D eigenvalue weighted by Crippen LogP contribution is 2.31. The Bertz CT molecular complexity index is 344. The molecule has 1 amide bonds. The maximum absolute atomic E-state index is 11.2. The lowest BCUT2D eigenvalue weighted by Gasteiger charge is -2.31. The van der Waals surface area contributed by atoms with Gasteiger partial charge in [-0.3, -0.25) is 9.59 Å². The minimum Gasteiger partial charge on any atom is -0.480 e. The Morgan fingerprint density at radius 3 is 2.93 bits per heavy atom. The van der Waals surface area contributed by atoms with E-state index in [1.54, 1.807) is 0 Å². The van der Waals surface area contributed by atoms with E-state index in [9.17, 15) is 9.59 Å². The summed E-state index contributed by atoms with van der Waals surface area (Å²) in [7, 11) is 0. The molecule has 4 N–H and O–H groups in total. The summed E-state index contributed by atoms with van der Waals surface area (Å²) in [6.07, 6.45) is 0.964. The summed E-state index contributed by atoms with van der Waals surface area (Å²) in [5.74, 6) is -1.73. The third kappa shape index (κ3) is 1.82. The van der Waals surface area contributed by atoms with Gasteiger partial charge in [0.05, 0.1) is 11.6 Å². The fourth-order valence-electron chi connectivity index (χ4n) is 1.89. The number of fused-ring (bicyclic) bond motifs is 1. The third-order valence-electron chi connectivity index (χ3n) is 2.85. The molecule has 2 unspecified atom stereocenters. The predicted octanol–water partition coefficient (Wildman–Crippen LogP) is -0.524. The minimum absolute atomic E-state index is 0. The van der Waals surface area contributed by atoms with Gasteiger partial charge in [0.25, 0.3) is 0 Å². The van der Waals surface area contributed by atoms with Gasteiger partial charge in [0.1, 0.15) is 5.54 Å². The summed E-state index contributed by atoms with van der Waals surface area (Å²) < 4.78 is 0. The lowest BCUT2D eigenvalue weighted by Crippen LogP contribution is -2.54. The van der Waals surface area contributed by atoms with Crippen molar-refractivity contribution >= 4 is 30.0 Å². The zero-order valence-electron chi connectivity index (χ0n) is 7.90. The summed E-state index contributed by atoms with van der Waals surface area (Å²) in [5.41, 5.74) is 7.49. The smallest absolute Gasteiger partial charge is 0.323 e. The molecule has 1 fully saturated rings. The van der Waals surface area contributed by atoms with Crippen molar-refractivity contribution in [2.45, 2.75) is 24.8 Å². The number of carboxylic acids is 1. The second kappa shape index (κ2) is 3.79. The number of nitrogens with zero attached hydrogens (tertiary/aromatic N) is 1. The first-order valence-electron chi connectivity index (χ1n) is 4.41. The third-order valence-corrected chi connectivity index (χ3v) is 2.85. The van der Waals surface area contributed by atoms with Gasteiger partial charge >= 0.3 is 5.97 Å². The SMILES string of the molecule is Cl.NC1(C(=O)O)CCC2=NNC(=O)C2C1. The molecule has 7 heteroatoms. The fourth-order valence-corrected chi connectivity index (χ4v) is 1.89. The Morgan fingerprint density at radius 2 is 2.33 bits per heavy atom. The molecule has 1 heterocycles. The molecule has 0 saturated heterocycles. The molecule has 2 aliphatic rings. The van der Waals surface area contributed by atoms with Gasteiger partial charge in [-0.1, -0.05) is 0 Å². The van der Waals surface area contributed by atoms with Crippen LogP contribution in [0, 0.1) is 5.92 Å². The Kier molecular flexibility index (Phi) is 3.01. The maximum Gasteiger partial charge on any atom is 0.323 e. The van der Waals surface area contributed by atoms with E-state index in [0.29, 0.717) is 12.8 Å². The number of nitrogens with one attached hydrogen (secondary N) is 1. The van der Waals surface area contributed by atoms with Crippen molar-refractivity contribution in [2.75, 3.05) is 0 Å². The van der Waals surface area contributed by atoms with E-state index >= 15 is 0 Å². The Balaban J connectivity index is 0.00000112. The molecule has 15 heavy (non-hydrogen) atoms. The quantitative estimate of drug-likeness (QED) is 0.567. The topological polar surface area (TPSA) is 105 Å². The highest BCUT2D eigenvalue weighted by molar-refractivity contribution is 6.09. The Labute approximate surface area is 92.3 Å². The van der Waals surface area contributed by atoms with Gasteiger partial charge < -0.3 is 10.8 Å². The summed E-state index contributed by atoms with van der Waals surface area (Å²) in [6.45, 7) is 0. The number of rotatable bonds is 1. The van der Waals surface area contributed by atoms with Crippen LogP contribution in [0.2, 0.25) is 0 Å². The van der Waals surface area contributed by atoms with Crippen LogP contribution in [0.25, 0.3) is 0 Å². The van der Waals surface area contributed by atoms with Crippen molar-refractivity contribution in [3.05, 3.63) is 0 Å². The zero-order valence-corrected chi connectivity index (χ0v) is 8.71. The number of carbonyl (C=O) groups excluding carboxylic acids is 1. The number of carboxylic acid groups (broad SMARTS) is 1. The summed E-state index contributed by atoms with van der Waals surface area (Å²) >= 11 is 0. The van der Waals surface area contributed by atoms with Crippen molar-refractivity contribution < 1.29 is 14.7 Å². The molecule has 0 radical (unpaired) electrons. The highest BCUT2D eigenvalue weighted by Gasteiger charge is 2.46. The van der Waals surface area contributed by atoms with Crippen LogP contribution in [0.3, 0.4) is 0 Å². The first-order valence-corrected chi connectivity index (χ1v) is 4.41. The molecule has 2 rings (SSSR count). The van der Waals surface area contributed by atoms with E-state index in [1.165, 1.54) is 0 Å². The molecule has 6 nitrogen and oxygen atoms in total. The van der Waals surface area contributed by atoms with Crippen LogP contribution < -0.4 is 11.2 Å². The second-order valence-electron chi connectivity index (χ2n) is 3.80. The molecule has 1 aliphatic heterocycles. The van der Waals surface area contributed by atoms with Gasteiger partial charge in [0.2, 0.25) is 5.91 Å². The fraction of sp³-hybridized carbons (Fsp3) is 0.625. The molecular formula is C8H12ClN3O3.